The smallest absolute Gasteiger partial charge is 0.208 e. The normalized spacial score (nSPS) is 12.0. The number of pyridine rings is 1. The first-order chi connectivity index (χ1) is 13.7. The van der Waals surface area contributed by atoms with Crippen LogP contribution in [0.1, 0.15) is 39.7 Å². The van der Waals surface area contributed by atoms with Gasteiger partial charge in [0.1, 0.15) is 10.6 Å². The van der Waals surface area contributed by atoms with Gasteiger partial charge in [0.15, 0.2) is 0 Å². The van der Waals surface area contributed by atoms with Gasteiger partial charge in [-0.25, -0.2) is 8.42 Å². The minimum absolute atomic E-state index is 0. The Morgan fingerprint density at radius 3 is 2.40 bits per heavy atom. The van der Waals surface area contributed by atoms with E-state index in [0.29, 0.717) is 29.2 Å². The van der Waals surface area contributed by atoms with E-state index in [4.69, 9.17) is 4.74 Å². The monoisotopic (exact) mass is 450 g/mol. The molecule has 0 fully saturated rings. The number of fused-ring (bicyclic) bond motifs is 1. The molecule has 5 nitrogen and oxygen atoms in total. The van der Waals surface area contributed by atoms with Crippen LogP contribution in [-0.4, -0.2) is 31.5 Å². The Morgan fingerprint density at radius 1 is 1.07 bits per heavy atom. The average molecular weight is 451 g/mol. The van der Waals surface area contributed by atoms with Crippen LogP contribution >= 0.6 is 12.4 Å². The minimum Gasteiger partial charge on any atom is -0.494 e. The second-order valence-corrected chi connectivity index (χ2v) is 10.1. The molecule has 0 saturated heterocycles. The topological polar surface area (TPSA) is 59.8 Å². The lowest BCUT2D eigenvalue weighted by molar-refractivity contribution is 0.298. The highest BCUT2D eigenvalue weighted by Gasteiger charge is 2.25. The van der Waals surface area contributed by atoms with E-state index in [2.05, 4.69) is 26.1 Å². The van der Waals surface area contributed by atoms with Crippen molar-refractivity contribution in [1.29, 1.82) is 0 Å². The Kier molecular flexibility index (Phi) is 7.97. The highest BCUT2D eigenvalue weighted by Crippen LogP contribution is 2.31. The second-order valence-electron chi connectivity index (χ2n) is 8.18. The van der Waals surface area contributed by atoms with Gasteiger partial charge in [0.05, 0.1) is 17.0 Å². The van der Waals surface area contributed by atoms with Gasteiger partial charge in [0.2, 0.25) is 9.84 Å². The molecule has 0 aliphatic carbocycles. The van der Waals surface area contributed by atoms with Gasteiger partial charge in [-0.3, -0.25) is 0 Å². The molecule has 0 saturated carbocycles. The number of aromatic nitrogens is 1. The predicted octanol–water partition coefficient (Wildman–Crippen LogP) is 4.91. The van der Waals surface area contributed by atoms with Crippen LogP contribution < -0.4 is 10.1 Å². The van der Waals surface area contributed by atoms with Crippen LogP contribution in [0, 0.1) is 0 Å². The molecule has 0 spiro atoms. The van der Waals surface area contributed by atoms with E-state index >= 15 is 0 Å². The number of rotatable bonds is 8. The molecular weight excluding hydrogens is 420 g/mol. The van der Waals surface area contributed by atoms with Crippen LogP contribution in [0.15, 0.2) is 64.6 Å². The van der Waals surface area contributed by atoms with Crippen molar-refractivity contribution in [3.05, 3.63) is 60.4 Å². The van der Waals surface area contributed by atoms with Crippen molar-refractivity contribution in [3.63, 3.8) is 0 Å². The van der Waals surface area contributed by atoms with Gasteiger partial charge >= 0.3 is 0 Å². The van der Waals surface area contributed by atoms with Crippen LogP contribution in [0.25, 0.3) is 5.52 Å². The van der Waals surface area contributed by atoms with E-state index in [1.807, 2.05) is 41.9 Å². The zero-order valence-corrected chi connectivity index (χ0v) is 19.6. The minimum atomic E-state index is -3.61. The lowest BCUT2D eigenvalue weighted by atomic mass is 10.1. The third-order valence-electron chi connectivity index (χ3n) is 4.74. The van der Waals surface area contributed by atoms with E-state index in [1.54, 1.807) is 24.3 Å². The molecular formula is C23H31ClN2O3S. The Labute approximate surface area is 185 Å². The molecule has 7 heteroatoms. The zero-order valence-electron chi connectivity index (χ0n) is 18.0. The number of hydrogen-bond donors (Lipinski definition) is 1. The summed E-state index contributed by atoms with van der Waals surface area (Å²) in [6.45, 7) is 9.82. The first kappa shape index (κ1) is 24.3. The molecule has 0 bridgehead atoms. The summed E-state index contributed by atoms with van der Waals surface area (Å²) < 4.78 is 34.3. The van der Waals surface area contributed by atoms with Crippen LogP contribution in [-0.2, 0) is 16.3 Å². The molecule has 1 aromatic carbocycles. The van der Waals surface area contributed by atoms with Crippen LogP contribution in [0.4, 0.5) is 0 Å². The van der Waals surface area contributed by atoms with E-state index < -0.39 is 9.84 Å². The van der Waals surface area contributed by atoms with E-state index in [-0.39, 0.29) is 22.8 Å². The lowest BCUT2D eigenvalue weighted by Gasteiger charge is -2.20. The summed E-state index contributed by atoms with van der Waals surface area (Å²) in [6.07, 6.45) is 5.30. The zero-order chi connectivity index (χ0) is 21.1. The molecule has 0 atom stereocenters. The summed E-state index contributed by atoms with van der Waals surface area (Å²) >= 11 is 0. The molecule has 3 aromatic rings. The third-order valence-corrected chi connectivity index (χ3v) is 6.64. The molecule has 2 heterocycles. The van der Waals surface area contributed by atoms with E-state index in [1.165, 1.54) is 0 Å². The number of nitrogens with zero attached hydrogens (tertiary/aromatic N) is 1. The SMILES string of the molecule is CCc1cn2ccccc2c1S(=O)(=O)c1ccc(OCCCNC(C)(C)C)cc1.Cl. The number of hydrogen-bond acceptors (Lipinski definition) is 4. The van der Waals surface area contributed by atoms with Crippen molar-refractivity contribution >= 4 is 27.8 Å². The number of halogens is 1. The number of aryl methyl sites for hydroxylation is 1. The number of benzene rings is 1. The van der Waals surface area contributed by atoms with Gasteiger partial charge in [0, 0.05) is 17.9 Å². The molecule has 0 aliphatic heterocycles. The molecule has 0 radical (unpaired) electrons. The molecule has 3 rings (SSSR count). The predicted molar refractivity (Wildman–Crippen MR) is 124 cm³/mol. The van der Waals surface area contributed by atoms with Crippen molar-refractivity contribution in [1.82, 2.24) is 9.72 Å². The summed E-state index contributed by atoms with van der Waals surface area (Å²) in [7, 11) is -3.61. The Bertz CT molecular complexity index is 1070. The highest BCUT2D eigenvalue weighted by molar-refractivity contribution is 7.91. The first-order valence-electron chi connectivity index (χ1n) is 10.0. The largest absolute Gasteiger partial charge is 0.494 e. The lowest BCUT2D eigenvalue weighted by Crippen LogP contribution is -2.36. The molecule has 2 aromatic heterocycles. The molecule has 0 unspecified atom stereocenters. The fourth-order valence-electron chi connectivity index (χ4n) is 3.27. The third kappa shape index (κ3) is 5.56. The fraction of sp³-hybridized carbons (Fsp3) is 0.391. The van der Waals surface area contributed by atoms with Crippen LogP contribution in [0.5, 0.6) is 5.75 Å². The maximum Gasteiger partial charge on any atom is 0.208 e. The van der Waals surface area contributed by atoms with Crippen LogP contribution in [0.3, 0.4) is 0 Å². The molecule has 0 amide bonds. The van der Waals surface area contributed by atoms with Crippen molar-refractivity contribution in [3.8, 4) is 5.75 Å². The second kappa shape index (κ2) is 9.86. The van der Waals surface area contributed by atoms with Crippen molar-refractivity contribution in [2.24, 2.45) is 0 Å². The van der Waals surface area contributed by atoms with Gasteiger partial charge in [-0.1, -0.05) is 13.0 Å². The molecule has 1 N–H and O–H groups in total. The summed E-state index contributed by atoms with van der Waals surface area (Å²) in [4.78, 5) is 0.674. The van der Waals surface area contributed by atoms with Crippen LogP contribution in [0.2, 0.25) is 0 Å². The number of ether oxygens (including phenoxy) is 1. The summed E-state index contributed by atoms with van der Waals surface area (Å²) in [6, 6.07) is 12.3. The maximum atomic E-state index is 13.3. The van der Waals surface area contributed by atoms with Crippen molar-refractivity contribution in [2.45, 2.75) is 55.9 Å². The summed E-state index contributed by atoms with van der Waals surface area (Å²) in [5.74, 6) is 0.678. The van der Waals surface area contributed by atoms with Gasteiger partial charge in [-0.2, -0.15) is 0 Å². The Balaban J connectivity index is 0.00000320. The Morgan fingerprint density at radius 2 is 1.77 bits per heavy atom. The molecule has 0 aliphatic rings. The first-order valence-corrected chi connectivity index (χ1v) is 11.5. The summed E-state index contributed by atoms with van der Waals surface area (Å²) in [5.41, 5.74) is 1.62. The molecule has 30 heavy (non-hydrogen) atoms. The molecule has 164 valence electrons. The van der Waals surface area contributed by atoms with Crippen molar-refractivity contribution < 1.29 is 13.2 Å². The highest BCUT2D eigenvalue weighted by atomic mass is 35.5. The van der Waals surface area contributed by atoms with E-state index in [9.17, 15) is 8.42 Å². The maximum absolute atomic E-state index is 13.3. The summed E-state index contributed by atoms with van der Waals surface area (Å²) in [5, 5.41) is 3.42. The standard InChI is InChI=1S/C23H30N2O3S.ClH/c1-5-18-17-25-15-7-6-9-21(25)22(18)29(26,27)20-12-10-19(11-13-20)28-16-8-14-24-23(2,3)4;/h6-7,9-13,15,17,24H,5,8,14,16H2,1-4H3;1H. The van der Waals surface area contributed by atoms with E-state index in [0.717, 1.165) is 18.5 Å². The Hall–Kier alpha value is -2.02. The van der Waals surface area contributed by atoms with Crippen molar-refractivity contribution in [2.75, 3.05) is 13.2 Å². The quantitative estimate of drug-likeness (QED) is 0.495. The average Bonchev–Trinajstić information content (AvgIpc) is 3.06. The van der Waals surface area contributed by atoms with Gasteiger partial charge in [-0.15, -0.1) is 12.4 Å². The number of nitrogens with one attached hydrogen (secondary N) is 1. The van der Waals surface area contributed by atoms with Gasteiger partial charge in [0.25, 0.3) is 0 Å². The van der Waals surface area contributed by atoms with Gasteiger partial charge < -0.3 is 14.5 Å². The number of sulfone groups is 1. The fourth-order valence-corrected chi connectivity index (χ4v) is 4.99. The van der Waals surface area contributed by atoms with Gasteiger partial charge in [-0.05, 0) is 82.1 Å².